The van der Waals surface area contributed by atoms with Crippen molar-refractivity contribution in [2.75, 3.05) is 0 Å². The minimum absolute atomic E-state index is 0.0336. The summed E-state index contributed by atoms with van der Waals surface area (Å²) in [6, 6.07) is 3.59. The molecule has 14 heavy (non-hydrogen) atoms. The third-order valence-electron chi connectivity index (χ3n) is 2.17. The summed E-state index contributed by atoms with van der Waals surface area (Å²) in [7, 11) is 0. The van der Waals surface area contributed by atoms with Crippen molar-refractivity contribution in [1.29, 1.82) is 0 Å². The third kappa shape index (κ3) is 1.29. The van der Waals surface area contributed by atoms with Crippen LogP contribution in [-0.4, -0.2) is 9.97 Å². The van der Waals surface area contributed by atoms with E-state index in [4.69, 9.17) is 5.73 Å². The Balaban J connectivity index is 2.84. The van der Waals surface area contributed by atoms with Crippen LogP contribution in [0.25, 0.3) is 11.0 Å². The Morgan fingerprint density at radius 1 is 1.50 bits per heavy atom. The molecule has 0 aliphatic rings. The summed E-state index contributed by atoms with van der Waals surface area (Å²) in [6.07, 6.45) is 1.62. The van der Waals surface area contributed by atoms with Gasteiger partial charge in [-0.25, -0.2) is 4.98 Å². The summed E-state index contributed by atoms with van der Waals surface area (Å²) in [6.45, 7) is 2.13. The molecule has 0 saturated heterocycles. The van der Waals surface area contributed by atoms with Gasteiger partial charge in [0.1, 0.15) is 5.65 Å². The van der Waals surface area contributed by atoms with Gasteiger partial charge in [-0.15, -0.1) is 0 Å². The van der Waals surface area contributed by atoms with E-state index in [9.17, 15) is 4.79 Å². The van der Waals surface area contributed by atoms with Crippen LogP contribution in [0.1, 0.15) is 11.3 Å². The number of hydrogen-bond donors (Lipinski definition) is 2. The Bertz CT molecular complexity index is 530. The van der Waals surface area contributed by atoms with Crippen LogP contribution in [-0.2, 0) is 6.54 Å². The van der Waals surface area contributed by atoms with Gasteiger partial charge in [0.15, 0.2) is 5.43 Å². The van der Waals surface area contributed by atoms with Crippen LogP contribution in [0.2, 0.25) is 0 Å². The van der Waals surface area contributed by atoms with E-state index in [-0.39, 0.29) is 12.0 Å². The topological polar surface area (TPSA) is 71.8 Å². The summed E-state index contributed by atoms with van der Waals surface area (Å²) < 4.78 is 0. The molecule has 0 atom stereocenters. The molecule has 0 fully saturated rings. The molecule has 0 unspecified atom stereocenters. The highest BCUT2D eigenvalue weighted by Crippen LogP contribution is 2.05. The van der Waals surface area contributed by atoms with Gasteiger partial charge in [-0.2, -0.15) is 0 Å². The Morgan fingerprint density at radius 3 is 3.00 bits per heavy atom. The van der Waals surface area contributed by atoms with Crippen LogP contribution < -0.4 is 11.2 Å². The molecule has 0 aliphatic heterocycles. The molecule has 0 aromatic carbocycles. The fourth-order valence-electron chi connectivity index (χ4n) is 1.40. The molecule has 0 spiro atoms. The fourth-order valence-corrected chi connectivity index (χ4v) is 1.40. The number of aryl methyl sites for hydroxylation is 1. The minimum Gasteiger partial charge on any atom is -0.346 e. The van der Waals surface area contributed by atoms with Crippen molar-refractivity contribution in [1.82, 2.24) is 9.97 Å². The number of fused-ring (bicyclic) bond motifs is 1. The number of aromatic nitrogens is 2. The number of nitrogens with zero attached hydrogens (tertiary/aromatic N) is 1. The molecule has 0 radical (unpaired) electrons. The number of nitrogens with one attached hydrogen (secondary N) is 1. The number of pyridine rings is 2. The lowest BCUT2D eigenvalue weighted by Gasteiger charge is -2.00. The summed E-state index contributed by atoms with van der Waals surface area (Å²) in [5.74, 6) is 0. The molecule has 0 aliphatic carbocycles. The van der Waals surface area contributed by atoms with Crippen LogP contribution >= 0.6 is 0 Å². The lowest BCUT2D eigenvalue weighted by molar-refractivity contribution is 1.04. The number of H-pyrrole nitrogens is 1. The van der Waals surface area contributed by atoms with E-state index < -0.39 is 0 Å². The van der Waals surface area contributed by atoms with E-state index in [0.29, 0.717) is 16.6 Å². The molecule has 2 aromatic heterocycles. The molecule has 0 saturated carbocycles. The average molecular weight is 189 g/mol. The highest BCUT2D eigenvalue weighted by Gasteiger charge is 2.03. The highest BCUT2D eigenvalue weighted by molar-refractivity contribution is 5.74. The van der Waals surface area contributed by atoms with Gasteiger partial charge >= 0.3 is 0 Å². The van der Waals surface area contributed by atoms with Gasteiger partial charge in [0, 0.05) is 24.0 Å². The monoisotopic (exact) mass is 189 g/mol. The van der Waals surface area contributed by atoms with E-state index in [2.05, 4.69) is 9.97 Å². The van der Waals surface area contributed by atoms with Crippen molar-refractivity contribution in [2.24, 2.45) is 5.73 Å². The van der Waals surface area contributed by atoms with Crippen molar-refractivity contribution >= 4 is 11.0 Å². The number of hydrogen-bond acceptors (Lipinski definition) is 3. The Labute approximate surface area is 80.8 Å². The number of nitrogens with two attached hydrogens (primary N) is 1. The van der Waals surface area contributed by atoms with Crippen LogP contribution in [0, 0.1) is 6.92 Å². The number of aromatic amines is 1. The summed E-state index contributed by atoms with van der Waals surface area (Å²) in [4.78, 5) is 18.9. The zero-order valence-electron chi connectivity index (χ0n) is 7.87. The van der Waals surface area contributed by atoms with Gasteiger partial charge < -0.3 is 10.7 Å². The zero-order chi connectivity index (χ0) is 10.1. The van der Waals surface area contributed by atoms with E-state index in [0.717, 1.165) is 5.69 Å². The maximum atomic E-state index is 11.7. The van der Waals surface area contributed by atoms with Crippen LogP contribution in [0.5, 0.6) is 0 Å². The largest absolute Gasteiger partial charge is 0.346 e. The van der Waals surface area contributed by atoms with Gasteiger partial charge in [-0.05, 0) is 19.1 Å². The third-order valence-corrected chi connectivity index (χ3v) is 2.17. The predicted molar refractivity (Wildman–Crippen MR) is 55.0 cm³/mol. The molecule has 0 amide bonds. The normalized spacial score (nSPS) is 10.7. The standard InChI is InChI=1S/C10H11N3O/c1-6-2-3-8-9(14)7(4-11)5-12-10(8)13-6/h2-3,5H,4,11H2,1H3,(H,12,13,14). The van der Waals surface area contributed by atoms with E-state index in [1.165, 1.54) is 0 Å². The predicted octanol–water partition coefficient (Wildman–Crippen LogP) is 0.690. The first kappa shape index (κ1) is 8.90. The van der Waals surface area contributed by atoms with Crippen molar-refractivity contribution in [3.8, 4) is 0 Å². The van der Waals surface area contributed by atoms with Gasteiger partial charge in [0.25, 0.3) is 0 Å². The number of rotatable bonds is 1. The van der Waals surface area contributed by atoms with Gasteiger partial charge in [-0.1, -0.05) is 0 Å². The minimum atomic E-state index is -0.0336. The molecule has 2 heterocycles. The summed E-state index contributed by atoms with van der Waals surface area (Å²) in [5, 5.41) is 0.596. The van der Waals surface area contributed by atoms with E-state index in [1.54, 1.807) is 12.3 Å². The van der Waals surface area contributed by atoms with Gasteiger partial charge in [-0.3, -0.25) is 4.79 Å². The van der Waals surface area contributed by atoms with E-state index >= 15 is 0 Å². The molecule has 3 N–H and O–H groups in total. The SMILES string of the molecule is Cc1ccc2c(=O)c(CN)c[nH]c2n1. The van der Waals surface area contributed by atoms with Crippen molar-refractivity contribution in [2.45, 2.75) is 13.5 Å². The van der Waals surface area contributed by atoms with Crippen molar-refractivity contribution in [3.63, 3.8) is 0 Å². The molecular weight excluding hydrogens is 178 g/mol. The summed E-state index contributed by atoms with van der Waals surface area (Å²) in [5.41, 5.74) is 7.48. The zero-order valence-corrected chi connectivity index (χ0v) is 7.87. The molecule has 2 rings (SSSR count). The Hall–Kier alpha value is -1.68. The lowest BCUT2D eigenvalue weighted by Crippen LogP contribution is -2.14. The first-order valence-corrected chi connectivity index (χ1v) is 4.40. The van der Waals surface area contributed by atoms with Crippen molar-refractivity contribution in [3.05, 3.63) is 39.8 Å². The quantitative estimate of drug-likeness (QED) is 0.693. The highest BCUT2D eigenvalue weighted by atomic mass is 16.1. The second kappa shape index (κ2) is 3.23. The van der Waals surface area contributed by atoms with E-state index in [1.807, 2.05) is 13.0 Å². The van der Waals surface area contributed by atoms with Gasteiger partial charge in [0.2, 0.25) is 0 Å². The molecule has 72 valence electrons. The van der Waals surface area contributed by atoms with Crippen molar-refractivity contribution < 1.29 is 0 Å². The Morgan fingerprint density at radius 2 is 2.29 bits per heavy atom. The molecule has 4 nitrogen and oxygen atoms in total. The lowest BCUT2D eigenvalue weighted by atomic mass is 10.2. The van der Waals surface area contributed by atoms with Crippen LogP contribution in [0.4, 0.5) is 0 Å². The second-order valence-corrected chi connectivity index (χ2v) is 3.20. The molecule has 2 aromatic rings. The first-order valence-electron chi connectivity index (χ1n) is 4.40. The molecule has 0 bridgehead atoms. The molecular formula is C10H11N3O. The molecule has 4 heteroatoms. The second-order valence-electron chi connectivity index (χ2n) is 3.20. The van der Waals surface area contributed by atoms with Gasteiger partial charge in [0.05, 0.1) is 5.39 Å². The maximum Gasteiger partial charge on any atom is 0.195 e. The summed E-state index contributed by atoms with van der Waals surface area (Å²) >= 11 is 0. The smallest absolute Gasteiger partial charge is 0.195 e. The van der Waals surface area contributed by atoms with Crippen LogP contribution in [0.15, 0.2) is 23.1 Å². The fraction of sp³-hybridized carbons (Fsp3) is 0.200. The Kier molecular flexibility index (Phi) is 2.05. The average Bonchev–Trinajstić information content (AvgIpc) is 2.18. The first-order chi connectivity index (χ1) is 6.72. The maximum absolute atomic E-state index is 11.7. The van der Waals surface area contributed by atoms with Crippen LogP contribution in [0.3, 0.4) is 0 Å².